The monoisotopic (exact) mass is 444 g/mol. The van der Waals surface area contributed by atoms with E-state index in [0.717, 1.165) is 27.6 Å². The number of rotatable bonds is 5. The van der Waals surface area contributed by atoms with Crippen molar-refractivity contribution in [2.75, 3.05) is 16.4 Å². The van der Waals surface area contributed by atoms with Crippen LogP contribution >= 0.6 is 23.5 Å². The Labute approximate surface area is 189 Å². The van der Waals surface area contributed by atoms with E-state index in [4.69, 9.17) is 0 Å². The van der Waals surface area contributed by atoms with E-state index >= 15 is 0 Å². The number of hydrogen-bond acceptors (Lipinski definition) is 5. The largest absolute Gasteiger partial charge is 0.302 e. The Hall–Kier alpha value is -3.03. The minimum Gasteiger partial charge on any atom is -0.302 e. The maximum Gasteiger partial charge on any atom is 0.238 e. The summed E-state index contributed by atoms with van der Waals surface area (Å²) in [5, 5.41) is 8.99. The molecule has 0 aliphatic carbocycles. The summed E-state index contributed by atoms with van der Waals surface area (Å²) < 4.78 is 1.91. The fourth-order valence-corrected chi connectivity index (χ4v) is 5.66. The number of thioether (sulfide) groups is 2. The molecule has 0 saturated heterocycles. The van der Waals surface area contributed by atoms with Gasteiger partial charge in [0.05, 0.1) is 17.5 Å². The van der Waals surface area contributed by atoms with Gasteiger partial charge in [0.2, 0.25) is 5.91 Å². The minimum atomic E-state index is 0.00110. The Balaban J connectivity index is 1.41. The van der Waals surface area contributed by atoms with Crippen LogP contribution in [0.1, 0.15) is 11.6 Å². The van der Waals surface area contributed by atoms with Gasteiger partial charge in [-0.2, -0.15) is 0 Å². The van der Waals surface area contributed by atoms with Crippen molar-refractivity contribution < 1.29 is 4.79 Å². The second-order valence-electron chi connectivity index (χ2n) is 7.08. The zero-order valence-corrected chi connectivity index (χ0v) is 18.3. The first-order chi connectivity index (χ1) is 15.3. The molecule has 1 aliphatic rings. The van der Waals surface area contributed by atoms with E-state index in [-0.39, 0.29) is 17.7 Å². The molecule has 0 spiro atoms. The molecule has 154 valence electrons. The SMILES string of the molecule is O=C(CSc1nncn1-c1ccccc1)N1c2ccccc2SCC1c1ccccc1. The van der Waals surface area contributed by atoms with E-state index in [0.29, 0.717) is 5.16 Å². The van der Waals surface area contributed by atoms with Crippen molar-refractivity contribution in [1.82, 2.24) is 14.8 Å². The Kier molecular flexibility index (Phi) is 5.78. The van der Waals surface area contributed by atoms with Crippen molar-refractivity contribution in [3.63, 3.8) is 0 Å². The summed E-state index contributed by atoms with van der Waals surface area (Å²) >= 11 is 3.21. The van der Waals surface area contributed by atoms with Crippen LogP contribution in [0.15, 0.2) is 101 Å². The Morgan fingerprint density at radius 3 is 2.48 bits per heavy atom. The van der Waals surface area contributed by atoms with Gasteiger partial charge >= 0.3 is 0 Å². The molecule has 0 radical (unpaired) electrons. The van der Waals surface area contributed by atoms with Crippen LogP contribution in [-0.4, -0.2) is 32.2 Å². The Morgan fingerprint density at radius 2 is 1.68 bits per heavy atom. The highest BCUT2D eigenvalue weighted by Crippen LogP contribution is 2.43. The molecule has 31 heavy (non-hydrogen) atoms. The van der Waals surface area contributed by atoms with Crippen molar-refractivity contribution in [1.29, 1.82) is 0 Å². The lowest BCUT2D eigenvalue weighted by molar-refractivity contribution is -0.116. The Bertz CT molecular complexity index is 1180. The number of aromatic nitrogens is 3. The van der Waals surface area contributed by atoms with Gasteiger partial charge in [0, 0.05) is 16.3 Å². The van der Waals surface area contributed by atoms with E-state index in [1.54, 1.807) is 18.1 Å². The van der Waals surface area contributed by atoms with Gasteiger partial charge in [0.1, 0.15) is 6.33 Å². The number of hydrogen-bond donors (Lipinski definition) is 0. The summed E-state index contributed by atoms with van der Waals surface area (Å²) in [6.45, 7) is 0. The van der Waals surface area contributed by atoms with Crippen LogP contribution in [0.2, 0.25) is 0 Å². The van der Waals surface area contributed by atoms with E-state index in [1.165, 1.54) is 11.8 Å². The van der Waals surface area contributed by atoms with Crippen LogP contribution in [0.5, 0.6) is 0 Å². The second kappa shape index (κ2) is 8.99. The summed E-state index contributed by atoms with van der Waals surface area (Å²) in [4.78, 5) is 16.6. The molecule has 1 unspecified atom stereocenters. The molecule has 2 heterocycles. The highest BCUT2D eigenvalue weighted by atomic mass is 32.2. The third kappa shape index (κ3) is 4.11. The lowest BCUT2D eigenvalue weighted by Gasteiger charge is -2.37. The van der Waals surface area contributed by atoms with Crippen molar-refractivity contribution >= 4 is 35.1 Å². The van der Waals surface area contributed by atoms with Gasteiger partial charge in [-0.05, 0) is 29.8 Å². The smallest absolute Gasteiger partial charge is 0.238 e. The topological polar surface area (TPSA) is 51.0 Å². The lowest BCUT2D eigenvalue weighted by atomic mass is 10.1. The second-order valence-corrected chi connectivity index (χ2v) is 9.08. The number of anilines is 1. The maximum atomic E-state index is 13.5. The van der Waals surface area contributed by atoms with Crippen LogP contribution in [0.3, 0.4) is 0 Å². The van der Waals surface area contributed by atoms with Gasteiger partial charge in [-0.25, -0.2) is 0 Å². The predicted octanol–water partition coefficient (Wildman–Crippen LogP) is 5.24. The van der Waals surface area contributed by atoms with Gasteiger partial charge in [0.15, 0.2) is 5.16 Å². The summed E-state index contributed by atoms with van der Waals surface area (Å²) in [5.41, 5.74) is 3.10. The van der Waals surface area contributed by atoms with E-state index < -0.39 is 0 Å². The molecule has 3 aromatic carbocycles. The molecular formula is C24H20N4OS2. The predicted molar refractivity (Wildman–Crippen MR) is 126 cm³/mol. The van der Waals surface area contributed by atoms with Gasteiger partial charge < -0.3 is 4.90 Å². The van der Waals surface area contributed by atoms with Gasteiger partial charge in [0.25, 0.3) is 0 Å². The normalized spacial score (nSPS) is 15.5. The van der Waals surface area contributed by atoms with Crippen molar-refractivity contribution in [2.45, 2.75) is 16.1 Å². The highest BCUT2D eigenvalue weighted by molar-refractivity contribution is 8.00. The molecule has 1 atom stereocenters. The molecule has 0 saturated carbocycles. The number of nitrogens with zero attached hydrogens (tertiary/aromatic N) is 4. The number of benzene rings is 3. The third-order valence-corrected chi connectivity index (χ3v) is 7.23. The fourth-order valence-electron chi connectivity index (χ4n) is 3.70. The first kappa shape index (κ1) is 19.9. The van der Waals surface area contributed by atoms with Crippen LogP contribution in [0.4, 0.5) is 5.69 Å². The zero-order valence-electron chi connectivity index (χ0n) is 16.7. The first-order valence-electron chi connectivity index (χ1n) is 9.98. The summed E-state index contributed by atoms with van der Waals surface area (Å²) in [6.07, 6.45) is 1.68. The number of para-hydroxylation sites is 2. The van der Waals surface area contributed by atoms with Crippen LogP contribution in [0, 0.1) is 0 Å². The lowest BCUT2D eigenvalue weighted by Crippen LogP contribution is -2.39. The fraction of sp³-hybridized carbons (Fsp3) is 0.125. The van der Waals surface area contributed by atoms with Gasteiger partial charge in [-0.15, -0.1) is 22.0 Å². The first-order valence-corrected chi connectivity index (χ1v) is 12.0. The molecule has 1 amide bonds. The van der Waals surface area contributed by atoms with Gasteiger partial charge in [-0.3, -0.25) is 9.36 Å². The summed E-state index contributed by atoms with van der Waals surface area (Å²) in [5.74, 6) is 1.18. The average molecular weight is 445 g/mol. The maximum absolute atomic E-state index is 13.5. The standard InChI is InChI=1S/C24H20N4OS2/c29-23(16-31-24-26-25-17-27(24)19-11-5-2-6-12-19)28-20-13-7-8-14-22(20)30-15-21(28)18-9-3-1-4-10-18/h1-14,17,21H,15-16H2. The van der Waals surface area contributed by atoms with Crippen molar-refractivity contribution in [3.05, 3.63) is 96.8 Å². The number of amides is 1. The molecule has 1 aromatic heterocycles. The quantitative estimate of drug-likeness (QED) is 0.394. The van der Waals surface area contributed by atoms with E-state index in [1.807, 2.05) is 76.2 Å². The van der Waals surface area contributed by atoms with Crippen molar-refractivity contribution in [2.24, 2.45) is 0 Å². The highest BCUT2D eigenvalue weighted by Gasteiger charge is 2.32. The molecule has 5 nitrogen and oxygen atoms in total. The summed E-state index contributed by atoms with van der Waals surface area (Å²) in [6, 6.07) is 28.3. The van der Waals surface area contributed by atoms with Crippen LogP contribution in [0.25, 0.3) is 5.69 Å². The molecule has 1 aliphatic heterocycles. The van der Waals surface area contributed by atoms with E-state index in [9.17, 15) is 4.79 Å². The molecular weight excluding hydrogens is 424 g/mol. The zero-order chi connectivity index (χ0) is 21.0. The van der Waals surface area contributed by atoms with Crippen LogP contribution < -0.4 is 4.90 Å². The molecule has 7 heteroatoms. The van der Waals surface area contributed by atoms with Gasteiger partial charge in [-0.1, -0.05) is 72.4 Å². The third-order valence-electron chi connectivity index (χ3n) is 5.16. The average Bonchev–Trinajstić information content (AvgIpc) is 3.31. The molecule has 0 fully saturated rings. The van der Waals surface area contributed by atoms with Crippen molar-refractivity contribution in [3.8, 4) is 5.69 Å². The molecule has 0 bridgehead atoms. The number of carbonyl (C=O) groups excluding carboxylic acids is 1. The molecule has 4 aromatic rings. The summed E-state index contributed by atoms with van der Waals surface area (Å²) in [7, 11) is 0. The van der Waals surface area contributed by atoms with E-state index in [2.05, 4.69) is 28.4 Å². The molecule has 0 N–H and O–H groups in total. The minimum absolute atomic E-state index is 0.00110. The Morgan fingerprint density at radius 1 is 0.968 bits per heavy atom. The molecule has 5 rings (SSSR count). The number of fused-ring (bicyclic) bond motifs is 1. The van der Waals surface area contributed by atoms with Crippen LogP contribution in [-0.2, 0) is 4.79 Å². The number of carbonyl (C=O) groups is 1.